The normalized spacial score (nSPS) is 13.5. The summed E-state index contributed by atoms with van der Waals surface area (Å²) in [4.78, 5) is 0. The van der Waals surface area contributed by atoms with Crippen molar-refractivity contribution >= 4 is 0 Å². The van der Waals surface area contributed by atoms with Crippen LogP contribution in [-0.4, -0.2) is 29.3 Å². The van der Waals surface area contributed by atoms with E-state index in [1.54, 1.807) is 17.9 Å². The molecule has 1 rings (SSSR count). The van der Waals surface area contributed by atoms with Crippen molar-refractivity contribution in [1.29, 1.82) is 0 Å². The van der Waals surface area contributed by atoms with Crippen LogP contribution in [0, 0.1) is 0 Å². The highest BCUT2D eigenvalue weighted by molar-refractivity contribution is 5.04. The van der Waals surface area contributed by atoms with Crippen LogP contribution in [0.1, 0.15) is 12.0 Å². The summed E-state index contributed by atoms with van der Waals surface area (Å²) in [5, 5.41) is 6.58. The lowest BCUT2D eigenvalue weighted by Crippen LogP contribution is -2.32. The summed E-state index contributed by atoms with van der Waals surface area (Å²) in [5.74, 6) is 0. The van der Waals surface area contributed by atoms with Crippen molar-refractivity contribution in [3.05, 3.63) is 18.0 Å². The number of aromatic nitrogens is 2. The van der Waals surface area contributed by atoms with Crippen molar-refractivity contribution in [1.82, 2.24) is 15.1 Å². The van der Waals surface area contributed by atoms with Gasteiger partial charge in [-0.25, -0.2) is 8.78 Å². The van der Waals surface area contributed by atoms with Crippen molar-refractivity contribution in [3.63, 3.8) is 0 Å². The number of alkyl halides is 2. The molecule has 1 atom stereocenters. The highest BCUT2D eigenvalue weighted by Gasteiger charge is 2.17. The minimum atomic E-state index is -2.31. The maximum absolute atomic E-state index is 12.3. The van der Waals surface area contributed by atoms with Crippen LogP contribution in [0.5, 0.6) is 0 Å². The molecule has 0 aromatic carbocycles. The van der Waals surface area contributed by atoms with Crippen LogP contribution < -0.4 is 5.32 Å². The summed E-state index contributed by atoms with van der Waals surface area (Å²) in [6, 6.07) is -0.727. The Kier molecular flexibility index (Phi) is 4.00. The predicted molar refractivity (Wildman–Crippen MR) is 50.4 cm³/mol. The first-order valence-corrected chi connectivity index (χ1v) is 4.56. The summed E-state index contributed by atoms with van der Waals surface area (Å²) >= 11 is 0. The quantitative estimate of drug-likeness (QED) is 0.779. The van der Waals surface area contributed by atoms with Gasteiger partial charge in [-0.3, -0.25) is 4.68 Å². The summed E-state index contributed by atoms with van der Waals surface area (Å²) in [6.07, 6.45) is 2.30. The zero-order chi connectivity index (χ0) is 10.6. The minimum absolute atomic E-state index is 0.430. The van der Waals surface area contributed by atoms with Gasteiger partial charge < -0.3 is 5.32 Å². The summed E-state index contributed by atoms with van der Waals surface area (Å²) in [5.41, 5.74) is 0.994. The van der Waals surface area contributed by atoms with Crippen LogP contribution in [0.2, 0.25) is 0 Å². The minimum Gasteiger partial charge on any atom is -0.312 e. The van der Waals surface area contributed by atoms with E-state index >= 15 is 0 Å². The highest BCUT2D eigenvalue weighted by Crippen LogP contribution is 2.09. The number of nitrogens with zero attached hydrogens (tertiary/aromatic N) is 2. The third-order valence-corrected chi connectivity index (χ3v) is 2.18. The SMILES string of the molecule is CNC(CCc1cnn(C)c1)C(F)F. The van der Waals surface area contributed by atoms with Gasteiger partial charge in [0.25, 0.3) is 6.43 Å². The van der Waals surface area contributed by atoms with E-state index in [-0.39, 0.29) is 0 Å². The summed E-state index contributed by atoms with van der Waals surface area (Å²) in [6.45, 7) is 0. The number of rotatable bonds is 5. The highest BCUT2D eigenvalue weighted by atomic mass is 19.3. The molecular formula is C9H15F2N3. The van der Waals surface area contributed by atoms with Crippen molar-refractivity contribution in [2.24, 2.45) is 7.05 Å². The number of nitrogens with one attached hydrogen (secondary N) is 1. The van der Waals surface area contributed by atoms with Crippen LogP contribution >= 0.6 is 0 Å². The molecule has 1 N–H and O–H groups in total. The van der Waals surface area contributed by atoms with Crippen molar-refractivity contribution in [3.8, 4) is 0 Å². The number of hydrogen-bond acceptors (Lipinski definition) is 2. The maximum Gasteiger partial charge on any atom is 0.253 e. The van der Waals surface area contributed by atoms with Gasteiger partial charge in [0.05, 0.1) is 12.2 Å². The fourth-order valence-electron chi connectivity index (χ4n) is 1.32. The third-order valence-electron chi connectivity index (χ3n) is 2.18. The van der Waals surface area contributed by atoms with Gasteiger partial charge in [-0.15, -0.1) is 0 Å². The Morgan fingerprint density at radius 1 is 1.57 bits per heavy atom. The van der Waals surface area contributed by atoms with E-state index in [1.807, 2.05) is 13.2 Å². The second-order valence-corrected chi connectivity index (χ2v) is 3.29. The Balaban J connectivity index is 2.39. The van der Waals surface area contributed by atoms with Gasteiger partial charge in [0.2, 0.25) is 0 Å². The van der Waals surface area contributed by atoms with Crippen molar-refractivity contribution in [2.45, 2.75) is 25.3 Å². The van der Waals surface area contributed by atoms with Gasteiger partial charge in [-0.1, -0.05) is 0 Å². The lowest BCUT2D eigenvalue weighted by atomic mass is 10.1. The number of aryl methyl sites for hydroxylation is 2. The van der Waals surface area contributed by atoms with E-state index in [9.17, 15) is 8.78 Å². The fraction of sp³-hybridized carbons (Fsp3) is 0.667. The Morgan fingerprint density at radius 3 is 2.71 bits per heavy atom. The molecule has 0 saturated carbocycles. The molecule has 0 saturated heterocycles. The standard InChI is InChI=1S/C9H15F2N3/c1-12-8(9(10)11)4-3-7-5-13-14(2)6-7/h5-6,8-9,12H,3-4H2,1-2H3. The predicted octanol–water partition coefficient (Wildman–Crippen LogP) is 1.21. The third kappa shape index (κ3) is 3.06. The van der Waals surface area contributed by atoms with Gasteiger partial charge >= 0.3 is 0 Å². The molecule has 80 valence electrons. The summed E-state index contributed by atoms with van der Waals surface area (Å²) in [7, 11) is 3.37. The number of hydrogen-bond donors (Lipinski definition) is 1. The zero-order valence-electron chi connectivity index (χ0n) is 8.37. The van der Waals surface area contributed by atoms with Crippen LogP contribution in [0.3, 0.4) is 0 Å². The molecule has 0 spiro atoms. The van der Waals surface area contributed by atoms with Crippen LogP contribution in [0.4, 0.5) is 8.78 Å². The monoisotopic (exact) mass is 203 g/mol. The molecule has 0 aliphatic heterocycles. The van der Waals surface area contributed by atoms with Gasteiger partial charge in [0.1, 0.15) is 0 Å². The lowest BCUT2D eigenvalue weighted by molar-refractivity contribution is 0.0981. The van der Waals surface area contributed by atoms with E-state index < -0.39 is 12.5 Å². The lowest BCUT2D eigenvalue weighted by Gasteiger charge is -2.13. The van der Waals surface area contributed by atoms with Gasteiger partial charge in [-0.2, -0.15) is 5.10 Å². The maximum atomic E-state index is 12.3. The van der Waals surface area contributed by atoms with Gasteiger partial charge in [0.15, 0.2) is 0 Å². The molecule has 0 aliphatic carbocycles. The number of halogens is 2. The topological polar surface area (TPSA) is 29.9 Å². The molecule has 1 aromatic heterocycles. The molecule has 5 heteroatoms. The van der Waals surface area contributed by atoms with E-state index in [4.69, 9.17) is 0 Å². The average molecular weight is 203 g/mol. The molecule has 0 bridgehead atoms. The molecule has 1 aromatic rings. The van der Waals surface area contributed by atoms with Crippen molar-refractivity contribution in [2.75, 3.05) is 7.05 Å². The van der Waals surface area contributed by atoms with Gasteiger partial charge in [-0.05, 0) is 25.5 Å². The van der Waals surface area contributed by atoms with Crippen molar-refractivity contribution < 1.29 is 8.78 Å². The molecule has 14 heavy (non-hydrogen) atoms. The molecule has 0 fully saturated rings. The average Bonchev–Trinajstić information content (AvgIpc) is 2.52. The Morgan fingerprint density at radius 2 is 2.29 bits per heavy atom. The fourth-order valence-corrected chi connectivity index (χ4v) is 1.32. The van der Waals surface area contributed by atoms with E-state index in [0.29, 0.717) is 12.8 Å². The van der Waals surface area contributed by atoms with E-state index in [1.165, 1.54) is 0 Å². The van der Waals surface area contributed by atoms with Crippen LogP contribution in [0.25, 0.3) is 0 Å². The second-order valence-electron chi connectivity index (χ2n) is 3.29. The van der Waals surface area contributed by atoms with Gasteiger partial charge in [0, 0.05) is 13.2 Å². The van der Waals surface area contributed by atoms with E-state index in [2.05, 4.69) is 10.4 Å². The zero-order valence-corrected chi connectivity index (χ0v) is 8.37. The van der Waals surface area contributed by atoms with E-state index in [0.717, 1.165) is 5.56 Å². The molecule has 0 aliphatic rings. The molecular weight excluding hydrogens is 188 g/mol. The first kappa shape index (κ1) is 11.1. The first-order chi connectivity index (χ1) is 6.63. The Hall–Kier alpha value is -0.970. The summed E-state index contributed by atoms with van der Waals surface area (Å²) < 4.78 is 26.3. The molecule has 1 heterocycles. The smallest absolute Gasteiger partial charge is 0.253 e. The van der Waals surface area contributed by atoms with Crippen LogP contribution in [0.15, 0.2) is 12.4 Å². The molecule has 0 amide bonds. The Bertz CT molecular complexity index is 273. The molecule has 3 nitrogen and oxygen atoms in total. The largest absolute Gasteiger partial charge is 0.312 e. The first-order valence-electron chi connectivity index (χ1n) is 4.56. The Labute approximate surface area is 82.1 Å². The van der Waals surface area contributed by atoms with Crippen LogP contribution in [-0.2, 0) is 13.5 Å². The molecule has 1 unspecified atom stereocenters. The molecule has 0 radical (unpaired) electrons. The second kappa shape index (κ2) is 5.05.